The van der Waals surface area contributed by atoms with Crippen LogP contribution in [-0.2, 0) is 11.2 Å². The van der Waals surface area contributed by atoms with Gasteiger partial charge in [0.1, 0.15) is 11.5 Å². The zero-order valence-corrected chi connectivity index (χ0v) is 17.6. The van der Waals surface area contributed by atoms with Crippen molar-refractivity contribution in [3.63, 3.8) is 0 Å². The molecule has 32 heavy (non-hydrogen) atoms. The monoisotopic (exact) mass is 441 g/mol. The van der Waals surface area contributed by atoms with Gasteiger partial charge in [0, 0.05) is 43.3 Å². The van der Waals surface area contributed by atoms with Crippen molar-refractivity contribution in [3.8, 4) is 23.0 Å². The van der Waals surface area contributed by atoms with Crippen molar-refractivity contribution in [1.82, 2.24) is 15.3 Å². The lowest BCUT2D eigenvalue weighted by Crippen LogP contribution is -2.28. The summed E-state index contributed by atoms with van der Waals surface area (Å²) in [6.45, 7) is 1.98. The predicted octanol–water partition coefficient (Wildman–Crippen LogP) is 2.00. The lowest BCUT2D eigenvalue weighted by Gasteiger charge is -2.19. The molecule has 4 rings (SSSR count). The molecule has 3 aromatic rings. The van der Waals surface area contributed by atoms with Crippen LogP contribution in [0, 0.1) is 6.92 Å². The van der Waals surface area contributed by atoms with Gasteiger partial charge in [0.15, 0.2) is 11.5 Å². The Balaban J connectivity index is 1.65. The Labute approximate surface area is 183 Å². The van der Waals surface area contributed by atoms with Crippen molar-refractivity contribution in [3.05, 3.63) is 63.7 Å². The molecule has 10 nitrogen and oxygen atoms in total. The van der Waals surface area contributed by atoms with Gasteiger partial charge in [-0.2, -0.15) is 0 Å². The molecule has 0 saturated heterocycles. The van der Waals surface area contributed by atoms with E-state index in [4.69, 9.17) is 18.6 Å². The van der Waals surface area contributed by atoms with Gasteiger partial charge in [-0.1, -0.05) is 0 Å². The summed E-state index contributed by atoms with van der Waals surface area (Å²) in [6.07, 6.45) is 3.72. The van der Waals surface area contributed by atoms with Crippen LogP contribution in [0.25, 0.3) is 0 Å². The summed E-state index contributed by atoms with van der Waals surface area (Å²) in [7, 11) is 1.48. The first-order valence-electron chi connectivity index (χ1n) is 10.0. The third-order valence-electron chi connectivity index (χ3n) is 5.18. The van der Waals surface area contributed by atoms with Crippen LogP contribution < -0.4 is 25.2 Å². The summed E-state index contributed by atoms with van der Waals surface area (Å²) in [5.74, 6) is 0.190. The van der Waals surface area contributed by atoms with Gasteiger partial charge in [0.05, 0.1) is 19.0 Å². The first-order valence-corrected chi connectivity index (χ1v) is 10.0. The molecule has 0 unspecified atom stereocenters. The summed E-state index contributed by atoms with van der Waals surface area (Å²) < 4.78 is 21.5. The van der Waals surface area contributed by atoms with Crippen molar-refractivity contribution >= 4 is 5.91 Å². The standard InChI is InChI=1S/C22H23N3O7/c1-12-5-16(26)20(22(28)32-12)15(8-19(27)24-4-3-14-9-23-10-25-14)13-6-17(29-2)21-18(7-13)30-11-31-21/h5-7,9-10,15,26H,3-4,8,11H2,1-2H3,(H,23,25)(H,24,27)/t15-/m1/s1. The van der Waals surface area contributed by atoms with Crippen molar-refractivity contribution in [2.75, 3.05) is 20.4 Å². The topological polar surface area (TPSA) is 136 Å². The fourth-order valence-corrected chi connectivity index (χ4v) is 3.68. The first kappa shape index (κ1) is 21.3. The van der Waals surface area contributed by atoms with Crippen LogP contribution in [0.3, 0.4) is 0 Å². The maximum absolute atomic E-state index is 12.8. The molecule has 0 bridgehead atoms. The van der Waals surface area contributed by atoms with Gasteiger partial charge in [-0.3, -0.25) is 4.79 Å². The number of aryl methyl sites for hydroxylation is 1. The number of hydrogen-bond acceptors (Lipinski definition) is 8. The van der Waals surface area contributed by atoms with E-state index in [1.54, 1.807) is 31.6 Å². The highest BCUT2D eigenvalue weighted by Crippen LogP contribution is 2.45. The Morgan fingerprint density at radius 1 is 1.34 bits per heavy atom. The van der Waals surface area contributed by atoms with Gasteiger partial charge in [-0.25, -0.2) is 9.78 Å². The minimum atomic E-state index is -0.803. The van der Waals surface area contributed by atoms with Crippen LogP contribution in [0.4, 0.5) is 0 Å². The number of H-pyrrole nitrogens is 1. The third kappa shape index (κ3) is 4.39. The van der Waals surface area contributed by atoms with Crippen LogP contribution in [0.1, 0.15) is 34.9 Å². The quantitative estimate of drug-likeness (QED) is 0.483. The number of nitrogens with zero attached hydrogens (tertiary/aromatic N) is 1. The number of rotatable bonds is 8. The minimum Gasteiger partial charge on any atom is -0.507 e. The van der Waals surface area contributed by atoms with E-state index in [1.807, 2.05) is 0 Å². The molecule has 1 amide bonds. The number of ether oxygens (including phenoxy) is 3. The molecule has 1 atom stereocenters. The van der Waals surface area contributed by atoms with Gasteiger partial charge in [0.2, 0.25) is 18.4 Å². The average Bonchev–Trinajstić information content (AvgIpc) is 3.43. The summed E-state index contributed by atoms with van der Waals surface area (Å²) in [5.41, 5.74) is 0.704. The van der Waals surface area contributed by atoms with E-state index in [1.165, 1.54) is 13.2 Å². The number of carbonyl (C=O) groups is 1. The molecule has 0 saturated carbocycles. The van der Waals surface area contributed by atoms with Gasteiger partial charge in [-0.05, 0) is 24.6 Å². The molecule has 0 aliphatic carbocycles. The maximum Gasteiger partial charge on any atom is 0.343 e. The number of fused-ring (bicyclic) bond motifs is 1. The van der Waals surface area contributed by atoms with Crippen LogP contribution in [-0.4, -0.2) is 41.4 Å². The van der Waals surface area contributed by atoms with E-state index in [9.17, 15) is 14.7 Å². The fourth-order valence-electron chi connectivity index (χ4n) is 3.68. The third-order valence-corrected chi connectivity index (χ3v) is 5.18. The second kappa shape index (κ2) is 9.04. The SMILES string of the molecule is COc1cc([C@@H](CC(=O)NCCc2cnc[nH]2)c2c(O)cc(C)oc2=O)cc2c1OCO2. The summed E-state index contributed by atoms with van der Waals surface area (Å²) in [6, 6.07) is 4.69. The number of aromatic nitrogens is 2. The number of imidazole rings is 1. The van der Waals surface area contributed by atoms with Crippen LogP contribution >= 0.6 is 0 Å². The number of amides is 1. The zero-order valence-electron chi connectivity index (χ0n) is 17.6. The van der Waals surface area contributed by atoms with Crippen molar-refractivity contribution in [2.45, 2.75) is 25.7 Å². The highest BCUT2D eigenvalue weighted by molar-refractivity contribution is 5.78. The molecular formula is C22H23N3O7. The first-order chi connectivity index (χ1) is 15.5. The molecule has 3 N–H and O–H groups in total. The second-order valence-electron chi connectivity index (χ2n) is 7.33. The van der Waals surface area contributed by atoms with E-state index in [2.05, 4.69) is 15.3 Å². The van der Waals surface area contributed by atoms with E-state index < -0.39 is 11.5 Å². The van der Waals surface area contributed by atoms with Crippen LogP contribution in [0.2, 0.25) is 0 Å². The van der Waals surface area contributed by atoms with E-state index >= 15 is 0 Å². The fraction of sp³-hybridized carbons (Fsp3) is 0.318. The number of aromatic amines is 1. The number of hydrogen-bond donors (Lipinski definition) is 3. The largest absolute Gasteiger partial charge is 0.507 e. The molecule has 0 radical (unpaired) electrons. The second-order valence-corrected chi connectivity index (χ2v) is 7.33. The smallest absolute Gasteiger partial charge is 0.343 e. The van der Waals surface area contributed by atoms with E-state index in [0.717, 1.165) is 5.69 Å². The lowest BCUT2D eigenvalue weighted by atomic mass is 9.88. The van der Waals surface area contributed by atoms with Crippen LogP contribution in [0.5, 0.6) is 23.0 Å². The van der Waals surface area contributed by atoms with Crippen molar-refractivity contribution < 1.29 is 28.5 Å². The Morgan fingerprint density at radius 3 is 2.91 bits per heavy atom. The highest BCUT2D eigenvalue weighted by Gasteiger charge is 2.29. The van der Waals surface area contributed by atoms with E-state index in [0.29, 0.717) is 35.8 Å². The molecule has 3 heterocycles. The predicted molar refractivity (Wildman–Crippen MR) is 112 cm³/mol. The molecule has 1 aromatic carbocycles. The molecule has 10 heteroatoms. The van der Waals surface area contributed by atoms with Crippen molar-refractivity contribution in [2.24, 2.45) is 0 Å². The normalized spacial score (nSPS) is 13.1. The Morgan fingerprint density at radius 2 is 2.19 bits per heavy atom. The summed E-state index contributed by atoms with van der Waals surface area (Å²) >= 11 is 0. The molecular weight excluding hydrogens is 418 g/mol. The Bertz CT molecular complexity index is 1170. The molecule has 2 aromatic heterocycles. The molecule has 1 aliphatic rings. The molecule has 0 fully saturated rings. The van der Waals surface area contributed by atoms with Gasteiger partial charge in [0.25, 0.3) is 0 Å². The molecule has 168 valence electrons. The van der Waals surface area contributed by atoms with Gasteiger partial charge in [-0.15, -0.1) is 0 Å². The minimum absolute atomic E-state index is 0.0137. The number of nitrogens with one attached hydrogen (secondary N) is 2. The van der Waals surface area contributed by atoms with E-state index in [-0.39, 0.29) is 36.2 Å². The van der Waals surface area contributed by atoms with Gasteiger partial charge < -0.3 is 34.0 Å². The zero-order chi connectivity index (χ0) is 22.7. The highest BCUT2D eigenvalue weighted by atomic mass is 16.7. The summed E-state index contributed by atoms with van der Waals surface area (Å²) in [4.78, 5) is 32.3. The Kier molecular flexibility index (Phi) is 6.02. The summed E-state index contributed by atoms with van der Waals surface area (Å²) in [5, 5.41) is 13.4. The maximum atomic E-state index is 12.8. The van der Waals surface area contributed by atoms with Gasteiger partial charge >= 0.3 is 5.63 Å². The molecule has 1 aliphatic heterocycles. The molecule has 0 spiro atoms. The number of carbonyl (C=O) groups excluding carboxylic acids is 1. The lowest BCUT2D eigenvalue weighted by molar-refractivity contribution is -0.121. The number of benzene rings is 1. The van der Waals surface area contributed by atoms with Crippen molar-refractivity contribution in [1.29, 1.82) is 0 Å². The number of methoxy groups -OCH3 is 1. The Hall–Kier alpha value is -3.95. The van der Waals surface area contributed by atoms with Crippen LogP contribution in [0.15, 0.2) is 39.9 Å². The average molecular weight is 441 g/mol. The number of aromatic hydroxyl groups is 1.